The van der Waals surface area contributed by atoms with E-state index in [-0.39, 0.29) is 0 Å². The molecule has 23 heavy (non-hydrogen) atoms. The van der Waals surface area contributed by atoms with E-state index < -0.39 is 0 Å². The highest BCUT2D eigenvalue weighted by atomic mass is 14.4. The van der Waals surface area contributed by atoms with Crippen molar-refractivity contribution in [3.05, 3.63) is 0 Å². The second-order valence-corrected chi connectivity index (χ2v) is 8.99. The van der Waals surface area contributed by atoms with Crippen LogP contribution in [0.25, 0.3) is 0 Å². The zero-order chi connectivity index (χ0) is 16.1. The molecule has 0 unspecified atom stereocenters. The van der Waals surface area contributed by atoms with Gasteiger partial charge >= 0.3 is 0 Å². The molecule has 1 heteroatoms. The van der Waals surface area contributed by atoms with Crippen molar-refractivity contribution in [1.29, 1.82) is 5.26 Å². The highest BCUT2D eigenvalue weighted by molar-refractivity contribution is 4.90. The summed E-state index contributed by atoms with van der Waals surface area (Å²) in [7, 11) is 0. The quantitative estimate of drug-likeness (QED) is 0.564. The molecule has 3 rings (SSSR count). The first-order chi connectivity index (χ1) is 11.3. The van der Waals surface area contributed by atoms with Gasteiger partial charge in [0.15, 0.2) is 0 Å². The van der Waals surface area contributed by atoms with Gasteiger partial charge in [0.05, 0.1) is 6.07 Å². The second kappa shape index (κ2) is 8.55. The van der Waals surface area contributed by atoms with E-state index in [1.807, 2.05) is 0 Å². The predicted molar refractivity (Wildman–Crippen MR) is 96.9 cm³/mol. The average Bonchev–Trinajstić information content (AvgIpc) is 2.63. The van der Waals surface area contributed by atoms with Crippen LogP contribution in [0.15, 0.2) is 0 Å². The summed E-state index contributed by atoms with van der Waals surface area (Å²) in [5.41, 5.74) is 0. The van der Waals surface area contributed by atoms with Crippen LogP contribution >= 0.6 is 0 Å². The summed E-state index contributed by atoms with van der Waals surface area (Å²) in [5, 5.41) is 9.07. The fourth-order valence-corrected chi connectivity index (χ4v) is 6.16. The number of rotatable bonds is 4. The van der Waals surface area contributed by atoms with E-state index in [0.717, 1.165) is 29.6 Å². The fourth-order valence-electron chi connectivity index (χ4n) is 6.16. The minimum Gasteiger partial charge on any atom is -0.198 e. The first-order valence-corrected chi connectivity index (χ1v) is 10.7. The SMILES string of the molecule is CCCC1CCC(C2CCC(C3CCC(C#N)CC3)CC2)CC1. The molecule has 0 radical (unpaired) electrons. The van der Waals surface area contributed by atoms with Gasteiger partial charge in [0, 0.05) is 5.92 Å². The molecule has 0 bridgehead atoms. The normalized spacial score (nSPS) is 42.1. The van der Waals surface area contributed by atoms with Gasteiger partial charge in [0.1, 0.15) is 0 Å². The molecular formula is C22H37N. The highest BCUT2D eigenvalue weighted by Crippen LogP contribution is 2.46. The fraction of sp³-hybridized carbons (Fsp3) is 0.955. The Morgan fingerprint density at radius 1 is 0.652 bits per heavy atom. The Bertz CT molecular complexity index is 371. The lowest BCUT2D eigenvalue weighted by atomic mass is 9.65. The van der Waals surface area contributed by atoms with E-state index in [1.54, 1.807) is 0 Å². The standard InChI is InChI=1S/C22H37N/c1-2-3-17-4-8-19(9-5-17)21-12-14-22(15-13-21)20-10-6-18(16-23)7-11-20/h17-22H,2-15H2,1H3. The van der Waals surface area contributed by atoms with Crippen molar-refractivity contribution in [1.82, 2.24) is 0 Å². The van der Waals surface area contributed by atoms with E-state index >= 15 is 0 Å². The van der Waals surface area contributed by atoms with Crippen molar-refractivity contribution in [2.45, 2.75) is 96.8 Å². The van der Waals surface area contributed by atoms with Crippen LogP contribution in [0.2, 0.25) is 0 Å². The van der Waals surface area contributed by atoms with E-state index in [0.29, 0.717) is 5.92 Å². The molecule has 1 nitrogen and oxygen atoms in total. The smallest absolute Gasteiger partial charge is 0.0655 e. The van der Waals surface area contributed by atoms with Crippen molar-refractivity contribution in [2.24, 2.45) is 35.5 Å². The van der Waals surface area contributed by atoms with Gasteiger partial charge in [-0.1, -0.05) is 32.6 Å². The molecule has 0 aromatic rings. The Morgan fingerprint density at radius 3 is 1.43 bits per heavy atom. The number of hydrogen-bond donors (Lipinski definition) is 0. The third-order valence-corrected chi connectivity index (χ3v) is 7.69. The maximum absolute atomic E-state index is 9.07. The van der Waals surface area contributed by atoms with E-state index in [1.165, 1.54) is 89.9 Å². The minimum absolute atomic E-state index is 0.376. The lowest BCUT2D eigenvalue weighted by molar-refractivity contribution is 0.107. The Balaban J connectivity index is 1.38. The Kier molecular flexibility index (Phi) is 6.44. The minimum atomic E-state index is 0.376. The van der Waals surface area contributed by atoms with Crippen LogP contribution in [0.4, 0.5) is 0 Å². The van der Waals surface area contributed by atoms with Crippen molar-refractivity contribution in [3.63, 3.8) is 0 Å². The third kappa shape index (κ3) is 4.52. The average molecular weight is 316 g/mol. The molecule has 0 aromatic carbocycles. The van der Waals surface area contributed by atoms with E-state index in [2.05, 4.69) is 13.0 Å². The van der Waals surface area contributed by atoms with Gasteiger partial charge in [-0.25, -0.2) is 0 Å². The van der Waals surface area contributed by atoms with Gasteiger partial charge in [0.2, 0.25) is 0 Å². The Hall–Kier alpha value is -0.510. The molecule has 0 atom stereocenters. The summed E-state index contributed by atoms with van der Waals surface area (Å²) in [6.07, 6.45) is 20.1. The van der Waals surface area contributed by atoms with Crippen LogP contribution in [0.5, 0.6) is 0 Å². The Morgan fingerprint density at radius 2 is 1.04 bits per heavy atom. The van der Waals surface area contributed by atoms with Crippen LogP contribution in [-0.4, -0.2) is 0 Å². The molecule has 3 aliphatic carbocycles. The maximum atomic E-state index is 9.07. The lowest BCUT2D eigenvalue weighted by Crippen LogP contribution is -2.29. The van der Waals surface area contributed by atoms with Crippen molar-refractivity contribution < 1.29 is 0 Å². The van der Waals surface area contributed by atoms with Gasteiger partial charge in [-0.05, 0) is 93.8 Å². The topological polar surface area (TPSA) is 23.8 Å². The van der Waals surface area contributed by atoms with Crippen LogP contribution < -0.4 is 0 Å². The zero-order valence-electron chi connectivity index (χ0n) is 15.3. The van der Waals surface area contributed by atoms with Crippen molar-refractivity contribution in [3.8, 4) is 6.07 Å². The van der Waals surface area contributed by atoms with E-state index in [4.69, 9.17) is 5.26 Å². The molecule has 3 saturated carbocycles. The van der Waals surface area contributed by atoms with Crippen molar-refractivity contribution in [2.75, 3.05) is 0 Å². The number of nitrogens with zero attached hydrogens (tertiary/aromatic N) is 1. The first-order valence-electron chi connectivity index (χ1n) is 10.7. The predicted octanol–water partition coefficient (Wildman–Crippen LogP) is 6.73. The molecule has 3 aliphatic rings. The number of nitriles is 1. The summed E-state index contributed by atoms with van der Waals surface area (Å²) >= 11 is 0. The van der Waals surface area contributed by atoms with Gasteiger partial charge in [0.25, 0.3) is 0 Å². The van der Waals surface area contributed by atoms with Crippen LogP contribution in [0.3, 0.4) is 0 Å². The molecule has 0 heterocycles. The summed E-state index contributed by atoms with van der Waals surface area (Å²) in [5.74, 6) is 5.52. The van der Waals surface area contributed by atoms with Gasteiger partial charge in [-0.15, -0.1) is 0 Å². The molecule has 0 aromatic heterocycles. The van der Waals surface area contributed by atoms with Crippen molar-refractivity contribution >= 4 is 0 Å². The summed E-state index contributed by atoms with van der Waals surface area (Å²) < 4.78 is 0. The molecular weight excluding hydrogens is 278 g/mol. The molecule has 0 saturated heterocycles. The molecule has 130 valence electrons. The van der Waals surface area contributed by atoms with Crippen LogP contribution in [-0.2, 0) is 0 Å². The largest absolute Gasteiger partial charge is 0.198 e. The molecule has 0 N–H and O–H groups in total. The summed E-state index contributed by atoms with van der Waals surface area (Å²) in [6.45, 7) is 2.34. The second-order valence-electron chi connectivity index (χ2n) is 8.99. The first kappa shape index (κ1) is 17.3. The third-order valence-electron chi connectivity index (χ3n) is 7.69. The summed E-state index contributed by atoms with van der Waals surface area (Å²) in [6, 6.07) is 2.49. The summed E-state index contributed by atoms with van der Waals surface area (Å²) in [4.78, 5) is 0. The maximum Gasteiger partial charge on any atom is 0.0655 e. The van der Waals surface area contributed by atoms with Crippen LogP contribution in [0, 0.1) is 46.8 Å². The zero-order valence-corrected chi connectivity index (χ0v) is 15.3. The lowest BCUT2D eigenvalue weighted by Gasteiger charge is -2.41. The number of hydrogen-bond acceptors (Lipinski definition) is 1. The van der Waals surface area contributed by atoms with Crippen LogP contribution in [0.1, 0.15) is 96.8 Å². The van der Waals surface area contributed by atoms with Gasteiger partial charge in [-0.2, -0.15) is 5.26 Å². The van der Waals surface area contributed by atoms with E-state index in [9.17, 15) is 0 Å². The molecule has 0 amide bonds. The van der Waals surface area contributed by atoms with Gasteiger partial charge in [-0.3, -0.25) is 0 Å². The monoisotopic (exact) mass is 315 g/mol. The molecule has 3 fully saturated rings. The van der Waals surface area contributed by atoms with Gasteiger partial charge < -0.3 is 0 Å². The Labute approximate surface area is 144 Å². The molecule has 0 aliphatic heterocycles. The molecule has 0 spiro atoms. The highest BCUT2D eigenvalue weighted by Gasteiger charge is 2.34.